The number of nitrogens with two attached hydrogens (primary N) is 1. The normalized spacial score (nSPS) is 15.4. The minimum atomic E-state index is -0.0786. The minimum Gasteiger partial charge on any atom is -0.497 e. The number of amides is 2. The molecule has 1 heterocycles. The maximum absolute atomic E-state index is 12.9. The van der Waals surface area contributed by atoms with Gasteiger partial charge >= 0.3 is 0 Å². The number of halogens is 1. The van der Waals surface area contributed by atoms with E-state index in [0.29, 0.717) is 55.5 Å². The van der Waals surface area contributed by atoms with Crippen LogP contribution in [-0.4, -0.2) is 56.6 Å². The molecule has 1 aromatic rings. The molecule has 1 aromatic carbocycles. The van der Waals surface area contributed by atoms with Gasteiger partial charge in [0.25, 0.3) is 5.91 Å². The molecule has 2 rings (SSSR count). The van der Waals surface area contributed by atoms with Gasteiger partial charge in [-0.2, -0.15) is 0 Å². The maximum atomic E-state index is 12.9. The Hall–Kier alpha value is -1.99. The molecule has 2 amide bonds. The molecule has 1 aliphatic heterocycles. The average molecular weight is 428 g/mol. The number of rotatable bonds is 8. The summed E-state index contributed by atoms with van der Waals surface area (Å²) in [5.41, 5.74) is 6.31. The standard InChI is InChI=1S/C21H33N3O4.ClH/c1-14(2)9-17(13-22)23-20(25)15-5-7-24(8-6-15)21(26)16-10-18(27-3)12-19(11-16)28-4;/h10-12,14-15,17H,5-9,13,22H2,1-4H3,(H,23,25);1H. The largest absolute Gasteiger partial charge is 0.497 e. The molecule has 1 unspecified atom stereocenters. The summed E-state index contributed by atoms with van der Waals surface area (Å²) < 4.78 is 10.5. The quantitative estimate of drug-likeness (QED) is 0.664. The zero-order valence-electron chi connectivity index (χ0n) is 17.8. The van der Waals surface area contributed by atoms with Crippen LogP contribution in [0.1, 0.15) is 43.5 Å². The van der Waals surface area contributed by atoms with E-state index in [9.17, 15) is 9.59 Å². The van der Waals surface area contributed by atoms with Crippen LogP contribution in [-0.2, 0) is 4.79 Å². The van der Waals surface area contributed by atoms with E-state index in [1.807, 2.05) is 0 Å². The third-order valence-electron chi connectivity index (χ3n) is 5.14. The van der Waals surface area contributed by atoms with Crippen LogP contribution in [0.15, 0.2) is 18.2 Å². The SMILES string of the molecule is COc1cc(OC)cc(C(=O)N2CCC(C(=O)NC(CN)CC(C)C)CC2)c1.Cl. The maximum Gasteiger partial charge on any atom is 0.254 e. The first-order chi connectivity index (χ1) is 13.4. The predicted molar refractivity (Wildman–Crippen MR) is 116 cm³/mol. The van der Waals surface area contributed by atoms with Crippen molar-refractivity contribution >= 4 is 24.2 Å². The van der Waals surface area contributed by atoms with Gasteiger partial charge in [-0.1, -0.05) is 13.8 Å². The first-order valence-electron chi connectivity index (χ1n) is 9.90. The van der Waals surface area contributed by atoms with Crippen molar-refractivity contribution in [3.05, 3.63) is 23.8 Å². The Morgan fingerprint density at radius 2 is 1.69 bits per heavy atom. The number of likely N-dealkylation sites (tertiary alicyclic amines) is 1. The van der Waals surface area contributed by atoms with Gasteiger partial charge in [-0.25, -0.2) is 0 Å². The van der Waals surface area contributed by atoms with Crippen LogP contribution in [0.4, 0.5) is 0 Å². The Kier molecular flexibility index (Phi) is 10.3. The molecular formula is C21H34ClN3O4. The smallest absolute Gasteiger partial charge is 0.254 e. The lowest BCUT2D eigenvalue weighted by Crippen LogP contribution is -2.47. The van der Waals surface area contributed by atoms with E-state index in [1.54, 1.807) is 37.3 Å². The van der Waals surface area contributed by atoms with Gasteiger partial charge in [0, 0.05) is 43.2 Å². The third-order valence-corrected chi connectivity index (χ3v) is 5.14. The molecule has 0 bridgehead atoms. The Morgan fingerprint density at radius 1 is 1.14 bits per heavy atom. The Balaban J connectivity index is 0.00000420. The van der Waals surface area contributed by atoms with E-state index in [4.69, 9.17) is 15.2 Å². The van der Waals surface area contributed by atoms with Gasteiger partial charge in [0.1, 0.15) is 11.5 Å². The van der Waals surface area contributed by atoms with E-state index in [2.05, 4.69) is 19.2 Å². The Labute approximate surface area is 179 Å². The number of benzene rings is 1. The third kappa shape index (κ3) is 7.08. The molecule has 164 valence electrons. The van der Waals surface area contributed by atoms with Crippen molar-refractivity contribution in [1.29, 1.82) is 0 Å². The van der Waals surface area contributed by atoms with E-state index in [-0.39, 0.29) is 36.2 Å². The highest BCUT2D eigenvalue weighted by molar-refractivity contribution is 5.95. The lowest BCUT2D eigenvalue weighted by molar-refractivity contribution is -0.127. The summed E-state index contributed by atoms with van der Waals surface area (Å²) in [6.07, 6.45) is 2.17. The summed E-state index contributed by atoms with van der Waals surface area (Å²) in [6, 6.07) is 5.16. The number of piperidine rings is 1. The van der Waals surface area contributed by atoms with Gasteiger partial charge in [0.2, 0.25) is 5.91 Å². The molecule has 0 radical (unpaired) electrons. The first-order valence-corrected chi connectivity index (χ1v) is 9.90. The molecule has 29 heavy (non-hydrogen) atoms. The Bertz CT molecular complexity index is 654. The van der Waals surface area contributed by atoms with Crippen LogP contribution in [0.5, 0.6) is 11.5 Å². The van der Waals surface area contributed by atoms with Gasteiger partial charge in [0.05, 0.1) is 14.2 Å². The number of hydrogen-bond acceptors (Lipinski definition) is 5. The fraction of sp³-hybridized carbons (Fsp3) is 0.619. The van der Waals surface area contributed by atoms with Crippen molar-refractivity contribution in [3.63, 3.8) is 0 Å². The number of methoxy groups -OCH3 is 2. The van der Waals surface area contributed by atoms with Crippen LogP contribution in [0.3, 0.4) is 0 Å². The van der Waals surface area contributed by atoms with Gasteiger partial charge in [-0.05, 0) is 37.3 Å². The molecule has 3 N–H and O–H groups in total. The molecular weight excluding hydrogens is 394 g/mol. The fourth-order valence-corrected chi connectivity index (χ4v) is 3.56. The lowest BCUT2D eigenvalue weighted by Gasteiger charge is -2.32. The fourth-order valence-electron chi connectivity index (χ4n) is 3.56. The predicted octanol–water partition coefficient (Wildman–Crippen LogP) is 2.47. The molecule has 1 aliphatic rings. The summed E-state index contributed by atoms with van der Waals surface area (Å²) in [5.74, 6) is 1.53. The molecule has 0 spiro atoms. The summed E-state index contributed by atoms with van der Waals surface area (Å²) in [5, 5.41) is 3.07. The highest BCUT2D eigenvalue weighted by Gasteiger charge is 2.29. The van der Waals surface area contributed by atoms with Crippen LogP contribution in [0.2, 0.25) is 0 Å². The zero-order valence-corrected chi connectivity index (χ0v) is 18.6. The van der Waals surface area contributed by atoms with Crippen molar-refractivity contribution in [1.82, 2.24) is 10.2 Å². The molecule has 0 aromatic heterocycles. The molecule has 1 atom stereocenters. The van der Waals surface area contributed by atoms with E-state index >= 15 is 0 Å². The highest BCUT2D eigenvalue weighted by atomic mass is 35.5. The minimum absolute atomic E-state index is 0. The molecule has 8 heteroatoms. The summed E-state index contributed by atoms with van der Waals surface area (Å²) in [4.78, 5) is 27.2. The highest BCUT2D eigenvalue weighted by Crippen LogP contribution is 2.25. The van der Waals surface area contributed by atoms with Gasteiger partial charge < -0.3 is 25.4 Å². The average Bonchev–Trinajstić information content (AvgIpc) is 2.71. The van der Waals surface area contributed by atoms with Crippen LogP contribution in [0.25, 0.3) is 0 Å². The van der Waals surface area contributed by atoms with Crippen molar-refractivity contribution in [2.45, 2.75) is 39.2 Å². The van der Waals surface area contributed by atoms with Crippen molar-refractivity contribution in [2.75, 3.05) is 33.9 Å². The van der Waals surface area contributed by atoms with Crippen molar-refractivity contribution in [3.8, 4) is 11.5 Å². The Morgan fingerprint density at radius 3 is 2.14 bits per heavy atom. The summed E-state index contributed by atoms with van der Waals surface area (Å²) in [7, 11) is 3.11. The molecule has 1 fully saturated rings. The zero-order chi connectivity index (χ0) is 20.7. The van der Waals surface area contributed by atoms with E-state index in [0.717, 1.165) is 6.42 Å². The van der Waals surface area contributed by atoms with E-state index in [1.165, 1.54) is 0 Å². The van der Waals surface area contributed by atoms with Crippen molar-refractivity contribution < 1.29 is 19.1 Å². The van der Waals surface area contributed by atoms with Gasteiger partial charge in [-0.3, -0.25) is 9.59 Å². The van der Waals surface area contributed by atoms with Crippen LogP contribution in [0, 0.1) is 11.8 Å². The molecule has 7 nitrogen and oxygen atoms in total. The van der Waals surface area contributed by atoms with Crippen LogP contribution >= 0.6 is 12.4 Å². The van der Waals surface area contributed by atoms with Crippen LogP contribution < -0.4 is 20.5 Å². The number of hydrogen-bond donors (Lipinski definition) is 2. The molecule has 1 saturated heterocycles. The number of nitrogens with one attached hydrogen (secondary N) is 1. The summed E-state index contributed by atoms with van der Waals surface area (Å²) >= 11 is 0. The lowest BCUT2D eigenvalue weighted by atomic mass is 9.94. The monoisotopic (exact) mass is 427 g/mol. The number of ether oxygens (including phenoxy) is 2. The number of carbonyl (C=O) groups excluding carboxylic acids is 2. The topological polar surface area (TPSA) is 93.9 Å². The van der Waals surface area contributed by atoms with Gasteiger partial charge in [0.15, 0.2) is 0 Å². The molecule has 0 saturated carbocycles. The summed E-state index contributed by atoms with van der Waals surface area (Å²) in [6.45, 7) is 5.78. The number of nitrogens with zero attached hydrogens (tertiary/aromatic N) is 1. The number of carbonyl (C=O) groups is 2. The van der Waals surface area contributed by atoms with Crippen molar-refractivity contribution in [2.24, 2.45) is 17.6 Å². The first kappa shape index (κ1) is 25.0. The second-order valence-electron chi connectivity index (χ2n) is 7.74. The second-order valence-corrected chi connectivity index (χ2v) is 7.74. The van der Waals surface area contributed by atoms with Gasteiger partial charge in [-0.15, -0.1) is 12.4 Å². The second kappa shape index (κ2) is 11.9. The van der Waals surface area contributed by atoms with E-state index < -0.39 is 0 Å². The molecule has 0 aliphatic carbocycles.